The van der Waals surface area contributed by atoms with E-state index >= 15 is 0 Å². The van der Waals surface area contributed by atoms with E-state index in [2.05, 4.69) is 10.3 Å². The van der Waals surface area contributed by atoms with Gasteiger partial charge in [-0.1, -0.05) is 17.7 Å². The summed E-state index contributed by atoms with van der Waals surface area (Å²) in [6, 6.07) is 13.1. The monoisotopic (exact) mass is 360 g/mol. The fourth-order valence-electron chi connectivity index (χ4n) is 1.97. The van der Waals surface area contributed by atoms with Gasteiger partial charge in [0.25, 0.3) is 5.91 Å². The zero-order valence-electron chi connectivity index (χ0n) is 12.0. The Balaban J connectivity index is 1.69. The van der Waals surface area contributed by atoms with Crippen LogP contribution >= 0.6 is 34.7 Å². The molecule has 0 aliphatic rings. The maximum atomic E-state index is 12.5. The predicted octanol–water partition coefficient (Wildman–Crippen LogP) is 5.34. The van der Waals surface area contributed by atoms with Crippen molar-refractivity contribution in [2.45, 2.75) is 10.6 Å². The van der Waals surface area contributed by atoms with Crippen molar-refractivity contribution in [1.82, 2.24) is 4.98 Å². The predicted molar refractivity (Wildman–Crippen MR) is 97.5 cm³/mol. The molecule has 0 spiro atoms. The molecule has 3 aromatic rings. The zero-order valence-corrected chi connectivity index (χ0v) is 14.4. The van der Waals surface area contributed by atoms with Crippen molar-refractivity contribution >= 4 is 46.3 Å². The zero-order chi connectivity index (χ0) is 16.1. The van der Waals surface area contributed by atoms with Crippen LogP contribution in [0, 0.1) is 0 Å². The number of hydrogen-bond donors (Lipinski definition) is 1. The number of carbonyl (C=O) groups is 1. The third-order valence-corrected chi connectivity index (χ3v) is 5.47. The van der Waals surface area contributed by atoms with E-state index in [1.807, 2.05) is 35.7 Å². The molecule has 0 atom stereocenters. The molecule has 23 heavy (non-hydrogen) atoms. The number of carbonyl (C=O) groups excluding carboxylic acids is 1. The summed E-state index contributed by atoms with van der Waals surface area (Å²) in [4.78, 5) is 18.1. The Bertz CT molecular complexity index is 805. The highest BCUT2D eigenvalue weighted by molar-refractivity contribution is 7.98. The number of anilines is 1. The molecule has 0 radical (unpaired) electrons. The summed E-state index contributed by atoms with van der Waals surface area (Å²) < 4.78 is 0. The summed E-state index contributed by atoms with van der Waals surface area (Å²) in [6.45, 7) is 0. The summed E-state index contributed by atoms with van der Waals surface area (Å²) in [6.07, 6.45) is 3.55. The summed E-state index contributed by atoms with van der Waals surface area (Å²) in [5.41, 5.74) is 1.87. The van der Waals surface area contributed by atoms with Crippen LogP contribution in [-0.4, -0.2) is 10.9 Å². The van der Waals surface area contributed by atoms with Crippen molar-refractivity contribution in [2.75, 3.05) is 5.32 Å². The number of benzene rings is 1. The fourth-order valence-corrected chi connectivity index (χ4v) is 4.15. The van der Waals surface area contributed by atoms with Crippen molar-refractivity contribution in [3.8, 4) is 0 Å². The molecule has 116 valence electrons. The van der Waals surface area contributed by atoms with Gasteiger partial charge >= 0.3 is 0 Å². The first kappa shape index (κ1) is 16.1. The Kier molecular flexibility index (Phi) is 5.33. The molecule has 0 aliphatic carbocycles. The van der Waals surface area contributed by atoms with E-state index in [0.717, 1.165) is 10.6 Å². The molecule has 0 aliphatic heterocycles. The molecule has 1 N–H and O–H groups in total. The topological polar surface area (TPSA) is 42.0 Å². The van der Waals surface area contributed by atoms with E-state index in [1.54, 1.807) is 36.3 Å². The van der Waals surface area contributed by atoms with Gasteiger partial charge in [0, 0.05) is 33.8 Å². The van der Waals surface area contributed by atoms with Crippen LogP contribution in [0.4, 0.5) is 5.69 Å². The second kappa shape index (κ2) is 7.64. The average Bonchev–Trinajstić information content (AvgIpc) is 3.02. The molecule has 3 nitrogen and oxygen atoms in total. The van der Waals surface area contributed by atoms with Crippen molar-refractivity contribution in [1.29, 1.82) is 0 Å². The van der Waals surface area contributed by atoms with Crippen LogP contribution < -0.4 is 5.32 Å². The van der Waals surface area contributed by atoms with Crippen molar-refractivity contribution < 1.29 is 4.79 Å². The first-order chi connectivity index (χ1) is 11.2. The molecule has 2 aromatic heterocycles. The highest BCUT2D eigenvalue weighted by atomic mass is 35.5. The highest BCUT2D eigenvalue weighted by Crippen LogP contribution is 2.31. The van der Waals surface area contributed by atoms with Crippen LogP contribution in [0.1, 0.15) is 15.2 Å². The molecule has 0 unspecified atom stereocenters. The second-order valence-electron chi connectivity index (χ2n) is 4.72. The molecule has 0 fully saturated rings. The molecule has 2 heterocycles. The Hall–Kier alpha value is -1.82. The smallest absolute Gasteiger partial charge is 0.266 e. The normalized spacial score (nSPS) is 10.5. The van der Waals surface area contributed by atoms with Crippen LogP contribution in [0.25, 0.3) is 0 Å². The Morgan fingerprint density at radius 2 is 2.04 bits per heavy atom. The Morgan fingerprint density at radius 1 is 1.22 bits per heavy atom. The lowest BCUT2D eigenvalue weighted by Crippen LogP contribution is -2.11. The number of hydrogen-bond acceptors (Lipinski definition) is 4. The van der Waals surface area contributed by atoms with Gasteiger partial charge in [-0.25, -0.2) is 0 Å². The van der Waals surface area contributed by atoms with Crippen LogP contribution in [0.15, 0.2) is 65.1 Å². The van der Waals surface area contributed by atoms with Gasteiger partial charge in [-0.3, -0.25) is 9.78 Å². The lowest BCUT2D eigenvalue weighted by Gasteiger charge is -2.06. The van der Waals surface area contributed by atoms with Gasteiger partial charge in [-0.05, 0) is 47.3 Å². The molecular weight excluding hydrogens is 348 g/mol. The molecule has 1 aromatic carbocycles. The maximum Gasteiger partial charge on any atom is 0.266 e. The minimum atomic E-state index is -0.112. The SMILES string of the molecule is O=C(Nc1cccc(Cl)c1)c1sccc1SCc1ccncc1. The van der Waals surface area contributed by atoms with E-state index in [0.29, 0.717) is 15.6 Å². The number of nitrogens with one attached hydrogen (secondary N) is 1. The van der Waals surface area contributed by atoms with Gasteiger partial charge in [0.15, 0.2) is 0 Å². The quantitative estimate of drug-likeness (QED) is 0.624. The first-order valence-electron chi connectivity index (χ1n) is 6.88. The van der Waals surface area contributed by atoms with Crippen molar-refractivity contribution in [3.05, 3.63) is 75.7 Å². The summed E-state index contributed by atoms with van der Waals surface area (Å²) in [5.74, 6) is 0.691. The minimum Gasteiger partial charge on any atom is -0.321 e. The molecular formula is C17H13ClN2OS2. The number of pyridine rings is 1. The number of rotatable bonds is 5. The molecule has 0 saturated heterocycles. The molecule has 6 heteroatoms. The van der Waals surface area contributed by atoms with E-state index < -0.39 is 0 Å². The number of amides is 1. The average molecular weight is 361 g/mol. The van der Waals surface area contributed by atoms with Crippen molar-refractivity contribution in [3.63, 3.8) is 0 Å². The molecule has 0 bridgehead atoms. The Labute approximate surface area is 147 Å². The number of thiophene rings is 1. The number of thioether (sulfide) groups is 1. The minimum absolute atomic E-state index is 0.112. The maximum absolute atomic E-state index is 12.5. The lowest BCUT2D eigenvalue weighted by atomic mass is 10.3. The van der Waals surface area contributed by atoms with Crippen LogP contribution in [-0.2, 0) is 5.75 Å². The largest absolute Gasteiger partial charge is 0.321 e. The second-order valence-corrected chi connectivity index (χ2v) is 7.09. The lowest BCUT2D eigenvalue weighted by molar-refractivity contribution is 0.102. The number of aromatic nitrogens is 1. The van der Waals surface area contributed by atoms with Crippen LogP contribution in [0.2, 0.25) is 5.02 Å². The standard InChI is InChI=1S/C17H13ClN2OS2/c18-13-2-1-3-14(10-13)20-17(21)16-15(6-9-22-16)23-11-12-4-7-19-8-5-12/h1-10H,11H2,(H,20,21). The van der Waals surface area contributed by atoms with Gasteiger partial charge in [0.2, 0.25) is 0 Å². The summed E-state index contributed by atoms with van der Waals surface area (Å²) >= 11 is 9.03. The van der Waals surface area contributed by atoms with E-state index in [4.69, 9.17) is 11.6 Å². The molecule has 1 amide bonds. The van der Waals surface area contributed by atoms with E-state index in [-0.39, 0.29) is 5.91 Å². The first-order valence-corrected chi connectivity index (χ1v) is 9.13. The van der Waals surface area contributed by atoms with E-state index in [9.17, 15) is 4.79 Å². The number of halogens is 1. The molecule has 3 rings (SSSR count). The van der Waals surface area contributed by atoms with Gasteiger partial charge in [0.05, 0.1) is 0 Å². The van der Waals surface area contributed by atoms with Crippen LogP contribution in [0.3, 0.4) is 0 Å². The van der Waals surface area contributed by atoms with Crippen molar-refractivity contribution in [2.24, 2.45) is 0 Å². The fraction of sp³-hybridized carbons (Fsp3) is 0.0588. The van der Waals surface area contributed by atoms with Crippen LogP contribution in [0.5, 0.6) is 0 Å². The van der Waals surface area contributed by atoms with Gasteiger partial charge < -0.3 is 5.32 Å². The van der Waals surface area contributed by atoms with Gasteiger partial charge in [-0.15, -0.1) is 23.1 Å². The van der Waals surface area contributed by atoms with Gasteiger partial charge in [-0.2, -0.15) is 0 Å². The third-order valence-electron chi connectivity index (χ3n) is 3.06. The molecule has 0 saturated carbocycles. The Morgan fingerprint density at radius 3 is 2.83 bits per heavy atom. The van der Waals surface area contributed by atoms with Gasteiger partial charge in [0.1, 0.15) is 4.88 Å². The highest BCUT2D eigenvalue weighted by Gasteiger charge is 2.14. The van der Waals surface area contributed by atoms with E-state index in [1.165, 1.54) is 16.9 Å². The summed E-state index contributed by atoms with van der Waals surface area (Å²) in [7, 11) is 0. The number of nitrogens with zero attached hydrogens (tertiary/aromatic N) is 1. The summed E-state index contributed by atoms with van der Waals surface area (Å²) in [5, 5.41) is 5.42. The third kappa shape index (κ3) is 4.34.